The average molecular weight is 260 g/mol. The summed E-state index contributed by atoms with van der Waals surface area (Å²) >= 11 is 0. The number of aromatic nitrogens is 2. The van der Waals surface area contributed by atoms with Crippen LogP contribution in [0, 0.1) is 6.92 Å². The van der Waals surface area contributed by atoms with Crippen LogP contribution in [0.15, 0.2) is 29.1 Å². The number of aromatic amines is 1. The third kappa shape index (κ3) is 2.49. The van der Waals surface area contributed by atoms with Crippen LogP contribution >= 0.6 is 0 Å². The minimum absolute atomic E-state index is 0.182. The summed E-state index contributed by atoms with van der Waals surface area (Å²) in [6.07, 6.45) is 0. The van der Waals surface area contributed by atoms with Gasteiger partial charge < -0.3 is 5.11 Å². The molecule has 0 atom stereocenters. The lowest BCUT2D eigenvalue weighted by Crippen LogP contribution is -2.18. The Hall–Kier alpha value is -1.81. The molecule has 0 radical (unpaired) electrons. The maximum Gasteiger partial charge on any atom is 0.277 e. The van der Waals surface area contributed by atoms with Crippen LogP contribution in [0.1, 0.15) is 37.6 Å². The van der Waals surface area contributed by atoms with E-state index in [-0.39, 0.29) is 17.6 Å². The Kier molecular flexibility index (Phi) is 3.37. The molecule has 0 aliphatic rings. The predicted molar refractivity (Wildman–Crippen MR) is 75.7 cm³/mol. The Bertz CT molecular complexity index is 645. The fraction of sp³-hybridized carbons (Fsp3) is 0.400. The molecule has 2 rings (SSSR count). The van der Waals surface area contributed by atoms with Gasteiger partial charge in [-0.2, -0.15) is 0 Å². The molecule has 1 aromatic carbocycles. The van der Waals surface area contributed by atoms with Gasteiger partial charge in [-0.15, -0.1) is 0 Å². The van der Waals surface area contributed by atoms with E-state index in [1.165, 1.54) is 4.68 Å². The molecule has 0 saturated carbocycles. The van der Waals surface area contributed by atoms with E-state index in [9.17, 15) is 9.90 Å². The molecule has 1 aromatic heterocycles. The van der Waals surface area contributed by atoms with Crippen LogP contribution in [0.4, 0.5) is 0 Å². The first kappa shape index (κ1) is 13.6. The van der Waals surface area contributed by atoms with E-state index >= 15 is 0 Å². The fourth-order valence-electron chi connectivity index (χ4n) is 2.19. The van der Waals surface area contributed by atoms with Gasteiger partial charge in [-0.05, 0) is 24.6 Å². The van der Waals surface area contributed by atoms with E-state index in [4.69, 9.17) is 0 Å². The first-order valence-corrected chi connectivity index (χ1v) is 6.37. The highest BCUT2D eigenvalue weighted by Gasteiger charge is 2.24. The van der Waals surface area contributed by atoms with Gasteiger partial charge in [0.2, 0.25) is 0 Å². The molecular formula is C15H20N2O2. The van der Waals surface area contributed by atoms with Gasteiger partial charge in [0.15, 0.2) is 0 Å². The predicted octanol–water partition coefficient (Wildman–Crippen LogP) is 2.26. The van der Waals surface area contributed by atoms with Gasteiger partial charge in [-0.1, -0.05) is 32.9 Å². The van der Waals surface area contributed by atoms with Gasteiger partial charge in [0.25, 0.3) is 5.56 Å². The molecule has 2 N–H and O–H groups in total. The number of benzene rings is 1. The average Bonchev–Trinajstić information content (AvgIpc) is 2.66. The second-order valence-corrected chi connectivity index (χ2v) is 5.85. The first-order chi connectivity index (χ1) is 8.84. The number of hydrogen-bond acceptors (Lipinski definition) is 2. The largest absolute Gasteiger partial charge is 0.391 e. The van der Waals surface area contributed by atoms with Crippen LogP contribution in [-0.2, 0) is 12.0 Å². The van der Waals surface area contributed by atoms with Crippen LogP contribution < -0.4 is 5.56 Å². The third-order valence-corrected chi connectivity index (χ3v) is 3.15. The number of aliphatic hydroxyl groups is 1. The summed E-state index contributed by atoms with van der Waals surface area (Å²) < 4.78 is 1.50. The number of aliphatic hydroxyl groups excluding tert-OH is 1. The van der Waals surface area contributed by atoms with Gasteiger partial charge >= 0.3 is 0 Å². The Morgan fingerprint density at radius 2 is 2.00 bits per heavy atom. The number of H-pyrrole nitrogens is 1. The highest BCUT2D eigenvalue weighted by atomic mass is 16.3. The number of aryl methyl sites for hydroxylation is 1. The van der Waals surface area contributed by atoms with Crippen molar-refractivity contribution >= 4 is 0 Å². The van der Waals surface area contributed by atoms with Crippen molar-refractivity contribution in [2.24, 2.45) is 0 Å². The lowest BCUT2D eigenvalue weighted by atomic mass is 9.90. The minimum atomic E-state index is -0.249. The second kappa shape index (κ2) is 4.70. The van der Waals surface area contributed by atoms with Crippen LogP contribution in [0.5, 0.6) is 0 Å². The van der Waals surface area contributed by atoms with Gasteiger partial charge in [0.1, 0.15) is 0 Å². The van der Waals surface area contributed by atoms with Crippen molar-refractivity contribution in [3.63, 3.8) is 0 Å². The van der Waals surface area contributed by atoms with Gasteiger partial charge in [0, 0.05) is 11.1 Å². The van der Waals surface area contributed by atoms with E-state index < -0.39 is 0 Å². The van der Waals surface area contributed by atoms with Crippen LogP contribution in [0.25, 0.3) is 5.69 Å². The lowest BCUT2D eigenvalue weighted by Gasteiger charge is -2.17. The summed E-state index contributed by atoms with van der Waals surface area (Å²) in [5, 5.41) is 12.6. The fourth-order valence-corrected chi connectivity index (χ4v) is 2.19. The van der Waals surface area contributed by atoms with Gasteiger partial charge in [-0.25, -0.2) is 4.68 Å². The second-order valence-electron chi connectivity index (χ2n) is 5.85. The molecule has 19 heavy (non-hydrogen) atoms. The van der Waals surface area contributed by atoms with E-state index in [1.807, 2.05) is 52.0 Å². The molecule has 102 valence electrons. The maximum absolute atomic E-state index is 12.4. The Morgan fingerprint density at radius 3 is 2.47 bits per heavy atom. The van der Waals surface area contributed by atoms with Crippen LogP contribution in [0.2, 0.25) is 0 Å². The molecule has 1 heterocycles. The Morgan fingerprint density at radius 1 is 1.32 bits per heavy atom. The zero-order valence-corrected chi connectivity index (χ0v) is 11.8. The summed E-state index contributed by atoms with van der Waals surface area (Å²) in [5.41, 5.74) is 2.69. The van der Waals surface area contributed by atoms with E-state index in [2.05, 4.69) is 5.10 Å². The lowest BCUT2D eigenvalue weighted by molar-refractivity contribution is 0.277. The number of nitrogens with one attached hydrogen (secondary N) is 1. The van der Waals surface area contributed by atoms with Gasteiger partial charge in [0.05, 0.1) is 17.9 Å². The molecule has 0 bridgehead atoms. The molecule has 0 fully saturated rings. The first-order valence-electron chi connectivity index (χ1n) is 6.37. The van der Waals surface area contributed by atoms with E-state index in [1.54, 1.807) is 0 Å². The third-order valence-electron chi connectivity index (χ3n) is 3.15. The van der Waals surface area contributed by atoms with Crippen LogP contribution in [-0.4, -0.2) is 14.9 Å². The number of nitrogens with zero attached hydrogens (tertiary/aromatic N) is 1. The van der Waals surface area contributed by atoms with Crippen molar-refractivity contribution in [3.8, 4) is 5.69 Å². The van der Waals surface area contributed by atoms with Crippen molar-refractivity contribution in [2.45, 2.75) is 39.7 Å². The molecule has 0 aliphatic heterocycles. The molecule has 0 amide bonds. The topological polar surface area (TPSA) is 58.0 Å². The molecule has 2 aromatic rings. The van der Waals surface area contributed by atoms with Crippen molar-refractivity contribution in [1.82, 2.24) is 9.78 Å². The number of rotatable bonds is 2. The van der Waals surface area contributed by atoms with Crippen molar-refractivity contribution in [1.29, 1.82) is 0 Å². The quantitative estimate of drug-likeness (QED) is 0.870. The molecule has 0 saturated heterocycles. The zero-order chi connectivity index (χ0) is 14.2. The monoisotopic (exact) mass is 260 g/mol. The molecule has 0 aliphatic carbocycles. The Balaban J connectivity index is 2.67. The van der Waals surface area contributed by atoms with Gasteiger partial charge in [-0.3, -0.25) is 9.89 Å². The Labute approximate surface area is 112 Å². The summed E-state index contributed by atoms with van der Waals surface area (Å²) in [5.74, 6) is 0. The summed E-state index contributed by atoms with van der Waals surface area (Å²) in [7, 11) is 0. The SMILES string of the molecule is Cc1cccc(-n2[nH]c(C(C)(C)C)c(CO)c2=O)c1. The zero-order valence-electron chi connectivity index (χ0n) is 11.8. The van der Waals surface area contributed by atoms with Crippen molar-refractivity contribution in [2.75, 3.05) is 0 Å². The summed E-state index contributed by atoms with van der Waals surface area (Å²) in [4.78, 5) is 12.4. The molecule has 4 nitrogen and oxygen atoms in total. The summed E-state index contributed by atoms with van der Waals surface area (Å²) in [6, 6.07) is 7.70. The normalized spacial score (nSPS) is 11.8. The minimum Gasteiger partial charge on any atom is -0.391 e. The maximum atomic E-state index is 12.4. The standard InChI is InChI=1S/C15H20N2O2/c1-10-6-5-7-11(8-10)17-14(19)12(9-18)13(16-17)15(2,3)4/h5-8,16,18H,9H2,1-4H3. The molecule has 0 unspecified atom stereocenters. The highest BCUT2D eigenvalue weighted by molar-refractivity contribution is 5.37. The van der Waals surface area contributed by atoms with Crippen molar-refractivity contribution in [3.05, 3.63) is 51.4 Å². The highest BCUT2D eigenvalue weighted by Crippen LogP contribution is 2.23. The van der Waals surface area contributed by atoms with E-state index in [0.717, 1.165) is 16.9 Å². The molecule has 4 heteroatoms. The number of hydrogen-bond donors (Lipinski definition) is 2. The van der Waals surface area contributed by atoms with Crippen molar-refractivity contribution < 1.29 is 5.11 Å². The smallest absolute Gasteiger partial charge is 0.277 e. The molecule has 0 spiro atoms. The van der Waals surface area contributed by atoms with Crippen LogP contribution in [0.3, 0.4) is 0 Å². The molecular weight excluding hydrogens is 240 g/mol. The summed E-state index contributed by atoms with van der Waals surface area (Å²) in [6.45, 7) is 7.77. The van der Waals surface area contributed by atoms with E-state index in [0.29, 0.717) is 5.56 Å².